The summed E-state index contributed by atoms with van der Waals surface area (Å²) >= 11 is 0. The van der Waals surface area contributed by atoms with Crippen molar-refractivity contribution in [3.05, 3.63) is 35.6 Å². The lowest BCUT2D eigenvalue weighted by Crippen LogP contribution is -2.03. The van der Waals surface area contributed by atoms with E-state index in [1.807, 2.05) is 12.2 Å². The monoisotopic (exact) mass is 181 g/mol. The van der Waals surface area contributed by atoms with Gasteiger partial charge in [0.2, 0.25) is 0 Å². The Morgan fingerprint density at radius 2 is 2.54 bits per heavy atom. The van der Waals surface area contributed by atoms with E-state index in [0.717, 1.165) is 11.1 Å². The van der Waals surface area contributed by atoms with Crippen molar-refractivity contribution in [1.29, 1.82) is 0 Å². The molecule has 0 aromatic carbocycles. The van der Waals surface area contributed by atoms with Gasteiger partial charge in [0.15, 0.2) is 0 Å². The molecule has 0 heterocycles. The highest BCUT2D eigenvalue weighted by atomic mass is 16.6. The molecule has 4 nitrogen and oxygen atoms in total. The molecule has 0 aliphatic heterocycles. The van der Waals surface area contributed by atoms with Crippen LogP contribution in [0.5, 0.6) is 0 Å². The zero-order valence-corrected chi connectivity index (χ0v) is 7.06. The van der Waals surface area contributed by atoms with E-state index in [0.29, 0.717) is 6.42 Å². The van der Waals surface area contributed by atoms with Gasteiger partial charge in [-0.25, -0.2) is 0 Å². The van der Waals surface area contributed by atoms with Crippen molar-refractivity contribution < 1.29 is 14.7 Å². The molecule has 0 fully saturated rings. The molecule has 0 aromatic heterocycles. The molecule has 1 aliphatic rings. The Labute approximate surface area is 75.9 Å². The number of carboxylic acids is 1. The lowest BCUT2D eigenvalue weighted by molar-refractivity contribution is -0.136. The second-order valence-electron chi connectivity index (χ2n) is 2.67. The van der Waals surface area contributed by atoms with Crippen molar-refractivity contribution in [1.82, 2.24) is 0 Å². The summed E-state index contributed by atoms with van der Waals surface area (Å²) < 4.78 is 0. The largest absolute Gasteiger partial charge is 0.481 e. The highest BCUT2D eigenvalue weighted by Crippen LogP contribution is 2.21. The van der Waals surface area contributed by atoms with E-state index in [1.54, 1.807) is 6.08 Å². The van der Waals surface area contributed by atoms with Gasteiger partial charge in [-0.05, 0) is 17.6 Å². The Morgan fingerprint density at radius 1 is 1.77 bits per heavy atom. The molecule has 0 spiro atoms. The van der Waals surface area contributed by atoms with Crippen LogP contribution in [0.3, 0.4) is 0 Å². The first-order valence-electron chi connectivity index (χ1n) is 3.86. The average molecular weight is 181 g/mol. The molecule has 70 valence electrons. The molecule has 1 rings (SSSR count). The van der Waals surface area contributed by atoms with E-state index in [1.165, 1.54) is 6.26 Å². The van der Waals surface area contributed by atoms with E-state index < -0.39 is 5.97 Å². The Morgan fingerprint density at radius 3 is 3.15 bits per heavy atom. The summed E-state index contributed by atoms with van der Waals surface area (Å²) in [5.74, 6) is 4.02. The Hall–Kier alpha value is -1.55. The third kappa shape index (κ3) is 2.76. The van der Waals surface area contributed by atoms with Gasteiger partial charge >= 0.3 is 5.97 Å². The molecule has 13 heavy (non-hydrogen) atoms. The van der Waals surface area contributed by atoms with Crippen LogP contribution in [0.15, 0.2) is 35.6 Å². The van der Waals surface area contributed by atoms with Crippen molar-refractivity contribution in [2.75, 3.05) is 0 Å². The molecule has 4 heteroatoms. The third-order valence-corrected chi connectivity index (χ3v) is 1.74. The van der Waals surface area contributed by atoms with Crippen molar-refractivity contribution in [3.8, 4) is 0 Å². The summed E-state index contributed by atoms with van der Waals surface area (Å²) in [6.45, 7) is 0. The molecule has 1 aliphatic carbocycles. The number of hydrogen-bond acceptors (Lipinski definition) is 3. The fraction of sp³-hybridized carbons (Fsp3) is 0.222. The molecule has 0 aromatic rings. The molecule has 0 atom stereocenters. The molecular formula is C9H11NO3. The fourth-order valence-electron chi connectivity index (χ4n) is 1.16. The second-order valence-corrected chi connectivity index (χ2v) is 2.67. The van der Waals surface area contributed by atoms with E-state index in [-0.39, 0.29) is 6.42 Å². The number of carbonyl (C=O) groups is 1. The normalized spacial score (nSPS) is 18.5. The summed E-state index contributed by atoms with van der Waals surface area (Å²) in [5, 5.41) is 8.59. The molecular weight excluding hydrogens is 170 g/mol. The van der Waals surface area contributed by atoms with Crippen LogP contribution in [-0.4, -0.2) is 11.1 Å². The van der Waals surface area contributed by atoms with Crippen molar-refractivity contribution in [2.45, 2.75) is 12.8 Å². The van der Waals surface area contributed by atoms with Gasteiger partial charge < -0.3 is 9.94 Å². The van der Waals surface area contributed by atoms with Crippen molar-refractivity contribution in [2.24, 2.45) is 5.90 Å². The minimum absolute atomic E-state index is 0.000463. The van der Waals surface area contributed by atoms with Crippen molar-refractivity contribution in [3.63, 3.8) is 0 Å². The van der Waals surface area contributed by atoms with Gasteiger partial charge in [0.25, 0.3) is 0 Å². The Kier molecular flexibility index (Phi) is 3.28. The maximum atomic E-state index is 10.5. The summed E-state index contributed by atoms with van der Waals surface area (Å²) in [6.07, 6.45) is 7.53. The maximum absolute atomic E-state index is 10.5. The molecule has 3 N–H and O–H groups in total. The zero-order valence-electron chi connectivity index (χ0n) is 7.06. The van der Waals surface area contributed by atoms with Crippen LogP contribution in [0.4, 0.5) is 0 Å². The van der Waals surface area contributed by atoms with E-state index in [2.05, 4.69) is 4.84 Å². The minimum Gasteiger partial charge on any atom is -0.481 e. The van der Waals surface area contributed by atoms with Crippen LogP contribution in [0.2, 0.25) is 0 Å². The molecule has 0 radical (unpaired) electrons. The molecule has 0 amide bonds. The van der Waals surface area contributed by atoms with Gasteiger partial charge in [-0.2, -0.15) is 5.90 Å². The second kappa shape index (κ2) is 4.47. The smallest absolute Gasteiger partial charge is 0.307 e. The first-order chi connectivity index (χ1) is 6.24. The van der Waals surface area contributed by atoms with E-state index in [9.17, 15) is 4.79 Å². The van der Waals surface area contributed by atoms with Crippen LogP contribution >= 0.6 is 0 Å². The number of carboxylic acid groups (broad SMARTS) is 1. The highest BCUT2D eigenvalue weighted by Gasteiger charge is 2.10. The fourth-order valence-corrected chi connectivity index (χ4v) is 1.16. The van der Waals surface area contributed by atoms with Gasteiger partial charge in [0, 0.05) is 0 Å². The first kappa shape index (κ1) is 9.54. The highest BCUT2D eigenvalue weighted by molar-refractivity contribution is 5.72. The molecule has 0 saturated carbocycles. The van der Waals surface area contributed by atoms with Gasteiger partial charge in [0.05, 0.1) is 6.42 Å². The van der Waals surface area contributed by atoms with Crippen LogP contribution in [-0.2, 0) is 9.63 Å². The zero-order chi connectivity index (χ0) is 9.68. The average Bonchev–Trinajstić information content (AvgIpc) is 2.08. The Bertz CT molecular complexity index is 289. The van der Waals surface area contributed by atoms with E-state index in [4.69, 9.17) is 11.0 Å². The van der Waals surface area contributed by atoms with Gasteiger partial charge in [-0.15, -0.1) is 0 Å². The standard InChI is InChI=1S/C9H11NO3/c10-13-6-8-4-2-1-3-7(8)5-9(11)12/h1-3,6H,4-5,10H2,(H,11,12). The lowest BCUT2D eigenvalue weighted by atomic mass is 9.97. The summed E-state index contributed by atoms with van der Waals surface area (Å²) in [6, 6.07) is 0. The van der Waals surface area contributed by atoms with Crippen molar-refractivity contribution >= 4 is 5.97 Å². The lowest BCUT2D eigenvalue weighted by Gasteiger charge is -2.10. The molecule has 0 unspecified atom stereocenters. The number of hydrogen-bond donors (Lipinski definition) is 2. The quantitative estimate of drug-likeness (QED) is 0.505. The molecule has 0 bridgehead atoms. The predicted octanol–water partition coefficient (Wildman–Crippen LogP) is 1.12. The number of aliphatic carboxylic acids is 1. The summed E-state index contributed by atoms with van der Waals surface area (Å²) in [5.41, 5.74) is 1.55. The number of nitrogens with two attached hydrogens (primary N) is 1. The SMILES string of the molecule is NOC=C1CC=CC=C1CC(=O)O. The van der Waals surface area contributed by atoms with Crippen LogP contribution in [0.25, 0.3) is 0 Å². The van der Waals surface area contributed by atoms with Gasteiger partial charge in [-0.1, -0.05) is 18.2 Å². The predicted molar refractivity (Wildman–Crippen MR) is 47.4 cm³/mol. The topological polar surface area (TPSA) is 72.5 Å². The van der Waals surface area contributed by atoms with Gasteiger partial charge in [0.1, 0.15) is 6.26 Å². The first-order valence-corrected chi connectivity index (χ1v) is 3.86. The molecule has 0 saturated heterocycles. The van der Waals surface area contributed by atoms with Crippen LogP contribution in [0, 0.1) is 0 Å². The van der Waals surface area contributed by atoms with Crippen LogP contribution in [0.1, 0.15) is 12.8 Å². The maximum Gasteiger partial charge on any atom is 0.307 e. The van der Waals surface area contributed by atoms with E-state index >= 15 is 0 Å². The van der Waals surface area contributed by atoms with Crippen LogP contribution < -0.4 is 5.90 Å². The third-order valence-electron chi connectivity index (χ3n) is 1.74. The number of rotatable bonds is 3. The minimum atomic E-state index is -0.857. The summed E-state index contributed by atoms with van der Waals surface area (Å²) in [7, 11) is 0. The van der Waals surface area contributed by atoms with Gasteiger partial charge in [-0.3, -0.25) is 4.79 Å². The Balaban J connectivity index is 2.77. The number of allylic oxidation sites excluding steroid dienone is 4. The summed E-state index contributed by atoms with van der Waals surface area (Å²) in [4.78, 5) is 14.8.